The van der Waals surface area contributed by atoms with Crippen molar-refractivity contribution in [3.63, 3.8) is 0 Å². The Morgan fingerprint density at radius 2 is 2.19 bits per heavy atom. The number of hydrogen-bond acceptors (Lipinski definition) is 2. The molecule has 2 aromatic rings. The average molecular weight is 299 g/mol. The van der Waals surface area contributed by atoms with E-state index in [0.29, 0.717) is 25.0 Å². The second-order valence-corrected chi connectivity index (χ2v) is 5.55. The van der Waals surface area contributed by atoms with Gasteiger partial charge in [-0.1, -0.05) is 0 Å². The van der Waals surface area contributed by atoms with E-state index < -0.39 is 12.1 Å². The number of fused-ring (bicyclic) bond motifs is 1. The molecule has 114 valence electrons. The lowest BCUT2D eigenvalue weighted by molar-refractivity contribution is -0.187. The second kappa shape index (κ2) is 5.22. The van der Waals surface area contributed by atoms with E-state index in [9.17, 15) is 18.0 Å². The fourth-order valence-corrected chi connectivity index (χ4v) is 2.92. The van der Waals surface area contributed by atoms with Crippen LogP contribution in [-0.2, 0) is 6.54 Å². The molecule has 3 heterocycles. The number of nitrogens with zero attached hydrogens (tertiary/aromatic N) is 1. The quantitative estimate of drug-likeness (QED) is 0.895. The third-order valence-corrected chi connectivity index (χ3v) is 3.97. The van der Waals surface area contributed by atoms with Crippen molar-refractivity contribution in [1.29, 1.82) is 0 Å². The molecule has 0 amide bonds. The molecule has 0 bridgehead atoms. The first-order chi connectivity index (χ1) is 9.93. The summed E-state index contributed by atoms with van der Waals surface area (Å²) in [6.45, 7) is 1.08. The topological polar surface area (TPSA) is 51.9 Å². The van der Waals surface area contributed by atoms with E-state index in [-0.39, 0.29) is 18.5 Å². The molecule has 3 rings (SSSR count). The van der Waals surface area contributed by atoms with Crippen molar-refractivity contribution in [3.05, 3.63) is 34.4 Å². The molecule has 21 heavy (non-hydrogen) atoms. The normalized spacial score (nSPS) is 21.0. The Morgan fingerprint density at radius 1 is 1.38 bits per heavy atom. The van der Waals surface area contributed by atoms with Gasteiger partial charge in [0.25, 0.3) is 5.56 Å². The number of aromatic amines is 2. The second-order valence-electron chi connectivity index (χ2n) is 5.55. The Hall–Kier alpha value is -1.76. The molecule has 7 heteroatoms. The molecule has 0 aliphatic carbocycles. The van der Waals surface area contributed by atoms with Crippen molar-refractivity contribution in [1.82, 2.24) is 14.9 Å². The Bertz CT molecular complexity index is 689. The van der Waals surface area contributed by atoms with Crippen molar-refractivity contribution >= 4 is 10.9 Å². The van der Waals surface area contributed by atoms with Gasteiger partial charge < -0.3 is 9.97 Å². The third kappa shape index (κ3) is 2.97. The summed E-state index contributed by atoms with van der Waals surface area (Å²) in [5.74, 6) is -1.25. The number of likely N-dealkylation sites (tertiary alicyclic amines) is 1. The van der Waals surface area contributed by atoms with Gasteiger partial charge >= 0.3 is 6.18 Å². The summed E-state index contributed by atoms with van der Waals surface area (Å²) in [5.41, 5.74) is 1.02. The molecule has 0 saturated carbocycles. The molecular formula is C14H16F3N3O. The number of nitrogens with one attached hydrogen (secondary N) is 2. The fourth-order valence-electron chi connectivity index (χ4n) is 2.92. The smallest absolute Gasteiger partial charge is 0.353 e. The zero-order valence-corrected chi connectivity index (χ0v) is 11.3. The molecule has 4 nitrogen and oxygen atoms in total. The van der Waals surface area contributed by atoms with Crippen LogP contribution in [0.1, 0.15) is 18.5 Å². The van der Waals surface area contributed by atoms with Gasteiger partial charge in [0.1, 0.15) is 5.52 Å². The fraction of sp³-hybridized carbons (Fsp3) is 0.500. The average Bonchev–Trinajstić information content (AvgIpc) is 2.82. The van der Waals surface area contributed by atoms with Gasteiger partial charge in [-0.15, -0.1) is 0 Å². The van der Waals surface area contributed by atoms with Crippen LogP contribution in [0.4, 0.5) is 13.2 Å². The SMILES string of the molecule is O=c1[nH]ccc2cc(CN3CCCC(C(F)(F)F)C3)[nH]c12. The highest BCUT2D eigenvalue weighted by atomic mass is 19.4. The first kappa shape index (κ1) is 14.2. The number of hydrogen-bond donors (Lipinski definition) is 2. The number of halogens is 3. The number of alkyl halides is 3. The predicted octanol–water partition coefficient (Wildman–Crippen LogP) is 2.63. The summed E-state index contributed by atoms with van der Waals surface area (Å²) in [5, 5.41) is 0.776. The number of aromatic nitrogens is 2. The molecule has 2 aromatic heterocycles. The molecule has 1 fully saturated rings. The summed E-state index contributed by atoms with van der Waals surface area (Å²) in [6, 6.07) is 3.59. The molecule has 0 aromatic carbocycles. The van der Waals surface area contributed by atoms with Crippen LogP contribution in [0.15, 0.2) is 23.1 Å². The molecule has 1 aliphatic rings. The maximum Gasteiger partial charge on any atom is 0.393 e. The Balaban J connectivity index is 1.76. The van der Waals surface area contributed by atoms with E-state index in [1.54, 1.807) is 17.2 Å². The standard InChI is InChI=1S/C14H16F3N3O/c15-14(16,17)10-2-1-5-20(7-10)8-11-6-9-3-4-18-13(21)12(9)19-11/h3-4,6,10,19H,1-2,5,7-8H2,(H,18,21). The lowest BCUT2D eigenvalue weighted by Gasteiger charge is -2.33. The number of piperidine rings is 1. The van der Waals surface area contributed by atoms with Crippen LogP contribution in [0.5, 0.6) is 0 Å². The zero-order chi connectivity index (χ0) is 15.0. The minimum Gasteiger partial charge on any atom is -0.353 e. The van der Waals surface area contributed by atoms with Crippen LogP contribution in [-0.4, -0.2) is 34.1 Å². The summed E-state index contributed by atoms with van der Waals surface area (Å²) in [6.07, 6.45) is -1.82. The van der Waals surface area contributed by atoms with Crippen molar-refractivity contribution in [3.8, 4) is 0 Å². The van der Waals surface area contributed by atoms with Gasteiger partial charge in [-0.25, -0.2) is 0 Å². The van der Waals surface area contributed by atoms with Crippen LogP contribution in [0, 0.1) is 5.92 Å². The molecule has 1 unspecified atom stereocenters. The third-order valence-electron chi connectivity index (χ3n) is 3.97. The highest BCUT2D eigenvalue weighted by Crippen LogP contribution is 2.33. The zero-order valence-electron chi connectivity index (χ0n) is 11.3. The largest absolute Gasteiger partial charge is 0.393 e. The molecule has 2 N–H and O–H groups in total. The minimum atomic E-state index is -4.13. The highest BCUT2D eigenvalue weighted by Gasteiger charge is 2.41. The van der Waals surface area contributed by atoms with Gasteiger partial charge in [-0.05, 0) is 31.5 Å². The monoisotopic (exact) mass is 299 g/mol. The number of pyridine rings is 1. The van der Waals surface area contributed by atoms with Gasteiger partial charge in [0.2, 0.25) is 0 Å². The minimum absolute atomic E-state index is 0.0230. The van der Waals surface area contributed by atoms with Crippen molar-refractivity contribution in [2.75, 3.05) is 13.1 Å². The lowest BCUT2D eigenvalue weighted by atomic mass is 9.97. The van der Waals surface area contributed by atoms with Crippen LogP contribution in [0.3, 0.4) is 0 Å². The molecule has 0 spiro atoms. The summed E-state index contributed by atoms with van der Waals surface area (Å²) >= 11 is 0. The van der Waals surface area contributed by atoms with Gasteiger partial charge in [-0.3, -0.25) is 9.69 Å². The predicted molar refractivity (Wildman–Crippen MR) is 73.0 cm³/mol. The van der Waals surface area contributed by atoms with E-state index in [1.165, 1.54) is 0 Å². The summed E-state index contributed by atoms with van der Waals surface area (Å²) < 4.78 is 38.4. The van der Waals surface area contributed by atoms with Crippen LogP contribution in [0.25, 0.3) is 10.9 Å². The maximum atomic E-state index is 12.8. The van der Waals surface area contributed by atoms with Crippen LogP contribution in [0.2, 0.25) is 0 Å². The highest BCUT2D eigenvalue weighted by molar-refractivity contribution is 5.78. The van der Waals surface area contributed by atoms with E-state index in [1.807, 2.05) is 6.07 Å². The number of rotatable bonds is 2. The summed E-state index contributed by atoms with van der Waals surface area (Å²) in [7, 11) is 0. The van der Waals surface area contributed by atoms with Gasteiger partial charge in [0, 0.05) is 30.4 Å². The van der Waals surface area contributed by atoms with Crippen molar-refractivity contribution < 1.29 is 13.2 Å². The molecule has 1 saturated heterocycles. The Labute approximate surface area is 119 Å². The molecular weight excluding hydrogens is 283 g/mol. The van der Waals surface area contributed by atoms with Crippen molar-refractivity contribution in [2.24, 2.45) is 5.92 Å². The van der Waals surface area contributed by atoms with Crippen molar-refractivity contribution in [2.45, 2.75) is 25.6 Å². The molecule has 0 radical (unpaired) electrons. The molecule has 1 atom stereocenters. The van der Waals surface area contributed by atoms with E-state index in [4.69, 9.17) is 0 Å². The van der Waals surface area contributed by atoms with E-state index in [2.05, 4.69) is 9.97 Å². The van der Waals surface area contributed by atoms with E-state index >= 15 is 0 Å². The number of H-pyrrole nitrogens is 2. The Kier molecular flexibility index (Phi) is 3.52. The Morgan fingerprint density at radius 3 is 2.90 bits per heavy atom. The van der Waals surface area contributed by atoms with Gasteiger partial charge in [0.05, 0.1) is 5.92 Å². The lowest BCUT2D eigenvalue weighted by Crippen LogP contribution is -2.41. The van der Waals surface area contributed by atoms with Crippen LogP contribution < -0.4 is 5.56 Å². The van der Waals surface area contributed by atoms with Gasteiger partial charge in [0.15, 0.2) is 0 Å². The first-order valence-corrected chi connectivity index (χ1v) is 6.92. The van der Waals surface area contributed by atoms with Crippen LogP contribution >= 0.6 is 0 Å². The van der Waals surface area contributed by atoms with Gasteiger partial charge in [-0.2, -0.15) is 13.2 Å². The molecule has 1 aliphatic heterocycles. The summed E-state index contributed by atoms with van der Waals surface area (Å²) in [4.78, 5) is 19.0. The maximum absolute atomic E-state index is 12.8. The first-order valence-electron chi connectivity index (χ1n) is 6.92. The van der Waals surface area contributed by atoms with E-state index in [0.717, 1.165) is 11.1 Å².